The van der Waals surface area contributed by atoms with Crippen LogP contribution in [0.15, 0.2) is 78.9 Å². The summed E-state index contributed by atoms with van der Waals surface area (Å²) in [4.78, 5) is 66.4. The van der Waals surface area contributed by atoms with E-state index in [1.807, 2.05) is 24.3 Å². The molecule has 6 rings (SSSR count). The molecule has 0 saturated carbocycles. The molecular weight excluding hydrogens is 632 g/mol. The first-order valence-electron chi connectivity index (χ1n) is 16.0. The van der Waals surface area contributed by atoms with Crippen LogP contribution in [0.1, 0.15) is 48.9 Å². The summed E-state index contributed by atoms with van der Waals surface area (Å²) in [6.07, 6.45) is 3.03. The van der Waals surface area contributed by atoms with Gasteiger partial charge in [0.15, 0.2) is 11.8 Å². The van der Waals surface area contributed by atoms with Crippen LogP contribution >= 0.6 is 0 Å². The van der Waals surface area contributed by atoms with Crippen molar-refractivity contribution < 1.29 is 39.1 Å². The maximum absolute atomic E-state index is 14.0. The van der Waals surface area contributed by atoms with E-state index >= 15 is 0 Å². The Balaban J connectivity index is 1.20. The van der Waals surface area contributed by atoms with E-state index in [-0.39, 0.29) is 55.1 Å². The Bertz CT molecular complexity index is 1860. The molecule has 0 spiro atoms. The van der Waals surface area contributed by atoms with Gasteiger partial charge in [0.25, 0.3) is 11.6 Å². The molecule has 0 aliphatic carbocycles. The van der Waals surface area contributed by atoms with Crippen molar-refractivity contribution in [2.75, 3.05) is 16.4 Å². The molecule has 4 atom stereocenters. The minimum absolute atomic E-state index is 0.0153. The van der Waals surface area contributed by atoms with Crippen molar-refractivity contribution in [3.05, 3.63) is 111 Å². The van der Waals surface area contributed by atoms with E-state index in [0.717, 1.165) is 11.1 Å². The molecule has 13 nitrogen and oxygen atoms in total. The third-order valence-electron chi connectivity index (χ3n) is 9.49. The number of rotatable bonds is 10. The number of hydrogen-bond acceptors (Lipinski definition) is 9. The van der Waals surface area contributed by atoms with Crippen LogP contribution in [0.5, 0.6) is 0 Å². The average Bonchev–Trinajstić information content (AvgIpc) is 3.29. The van der Waals surface area contributed by atoms with Crippen molar-refractivity contribution in [2.24, 2.45) is 5.92 Å². The third-order valence-corrected chi connectivity index (χ3v) is 9.49. The normalized spacial score (nSPS) is 22.1. The first-order chi connectivity index (χ1) is 23.4. The number of carbonyl (C=O) groups excluding carboxylic acids is 4. The van der Waals surface area contributed by atoms with Crippen molar-refractivity contribution in [2.45, 2.75) is 64.1 Å². The molecule has 13 heteroatoms. The summed E-state index contributed by atoms with van der Waals surface area (Å²) in [5, 5.41) is 33.7. The molecule has 3 heterocycles. The monoisotopic (exact) mass is 668 g/mol. The lowest BCUT2D eigenvalue weighted by molar-refractivity contribution is -0.385. The number of esters is 1. The molecule has 3 aliphatic heterocycles. The molecule has 1 saturated heterocycles. The van der Waals surface area contributed by atoms with Crippen LogP contribution in [0.3, 0.4) is 0 Å². The van der Waals surface area contributed by atoms with E-state index < -0.39 is 34.5 Å². The Labute approximate surface area is 282 Å². The van der Waals surface area contributed by atoms with E-state index in [1.165, 1.54) is 34.9 Å². The van der Waals surface area contributed by atoms with E-state index in [4.69, 9.17) is 4.74 Å². The number of amides is 3. The lowest BCUT2D eigenvalue weighted by Crippen LogP contribution is -2.54. The van der Waals surface area contributed by atoms with Gasteiger partial charge in [-0.3, -0.25) is 34.2 Å². The Morgan fingerprint density at radius 2 is 1.80 bits per heavy atom. The number of nitro groups is 1. The number of nitrogens with zero attached hydrogens (tertiary/aromatic N) is 4. The van der Waals surface area contributed by atoms with E-state index in [2.05, 4.69) is 0 Å². The largest absolute Gasteiger partial charge is 0.441 e. The van der Waals surface area contributed by atoms with E-state index in [9.17, 15) is 39.5 Å². The highest BCUT2D eigenvalue weighted by atomic mass is 16.6. The number of anilines is 2. The van der Waals surface area contributed by atoms with Gasteiger partial charge < -0.3 is 24.7 Å². The lowest BCUT2D eigenvalue weighted by Gasteiger charge is -2.39. The maximum Gasteiger partial charge on any atom is 0.304 e. The quantitative estimate of drug-likeness (QED) is 0.108. The molecule has 3 amide bonds. The number of hydrogen-bond donors (Lipinski definition) is 2. The number of ether oxygens (including phenoxy) is 1. The second-order valence-electron chi connectivity index (χ2n) is 12.6. The Hall–Kier alpha value is -5.40. The lowest BCUT2D eigenvalue weighted by atomic mass is 9.82. The van der Waals surface area contributed by atoms with E-state index in [0.29, 0.717) is 29.9 Å². The molecule has 3 aliphatic rings. The molecule has 0 aromatic heterocycles. The number of carbonyl (C=O) groups is 4. The zero-order valence-electron chi connectivity index (χ0n) is 27.0. The van der Waals surface area contributed by atoms with E-state index in [1.54, 1.807) is 48.2 Å². The second kappa shape index (κ2) is 13.2. The van der Waals surface area contributed by atoms with Crippen LogP contribution in [0.2, 0.25) is 0 Å². The average molecular weight is 669 g/mol. The van der Waals surface area contributed by atoms with Gasteiger partial charge in [-0.25, -0.2) is 0 Å². The molecule has 0 bridgehead atoms. The fourth-order valence-corrected chi connectivity index (χ4v) is 6.81. The van der Waals surface area contributed by atoms with Gasteiger partial charge in [-0.1, -0.05) is 55.5 Å². The van der Waals surface area contributed by atoms with Crippen LogP contribution in [0, 0.1) is 16.0 Å². The third kappa shape index (κ3) is 6.18. The minimum atomic E-state index is -2.17. The van der Waals surface area contributed by atoms with Gasteiger partial charge in [0, 0.05) is 49.2 Å². The summed E-state index contributed by atoms with van der Waals surface area (Å²) < 4.78 is 5.18. The van der Waals surface area contributed by atoms with Crippen LogP contribution in [0.25, 0.3) is 0 Å². The molecule has 49 heavy (non-hydrogen) atoms. The first-order valence-corrected chi connectivity index (χ1v) is 16.0. The fourth-order valence-electron chi connectivity index (χ4n) is 6.81. The predicted molar refractivity (Wildman–Crippen MR) is 177 cm³/mol. The molecule has 3 aromatic carbocycles. The molecule has 2 N–H and O–H groups in total. The van der Waals surface area contributed by atoms with Crippen LogP contribution < -0.4 is 9.80 Å². The van der Waals surface area contributed by atoms with Crippen molar-refractivity contribution in [1.29, 1.82) is 0 Å². The zero-order valence-corrected chi connectivity index (χ0v) is 27.0. The number of nitro benzene ring substituents is 1. The minimum Gasteiger partial charge on any atom is -0.441 e. The highest BCUT2D eigenvalue weighted by Crippen LogP contribution is 2.47. The van der Waals surface area contributed by atoms with Crippen LogP contribution in [-0.4, -0.2) is 62.6 Å². The first kappa shape index (κ1) is 33.5. The van der Waals surface area contributed by atoms with Gasteiger partial charge in [-0.2, -0.15) is 0 Å². The summed E-state index contributed by atoms with van der Waals surface area (Å²) in [5.74, 6) is -2.49. The molecule has 1 fully saturated rings. The maximum atomic E-state index is 14.0. The predicted octanol–water partition coefficient (Wildman–Crippen LogP) is 3.48. The number of non-ortho nitro benzene ring substituents is 1. The number of aliphatic hydroxyl groups excluding tert-OH is 1. The smallest absolute Gasteiger partial charge is 0.304 e. The number of fused-ring (bicyclic) bond motifs is 2. The second-order valence-corrected chi connectivity index (χ2v) is 12.6. The molecule has 1 unspecified atom stereocenters. The Kier molecular flexibility index (Phi) is 9.06. The summed E-state index contributed by atoms with van der Waals surface area (Å²) in [7, 11) is 0. The summed E-state index contributed by atoms with van der Waals surface area (Å²) >= 11 is 0. The highest BCUT2D eigenvalue weighted by Gasteiger charge is 2.53. The standard InChI is InChI=1S/C36H36N4O9/c1-22(6-5-9-32(43)37-20-26-8-4-3-7-25(26)16-29(37)21-41)36(46)30-17-28(40(47)48)14-15-31(30)38(35(36)45)19-24-10-12-27(13-11-24)39-33(44)18-34(39)49-23(2)42/h3-8,10-15,17,22,29,34,41,46H,9,16,18-21H2,1-2H3/b6-5+/t22-,29+,34?,36+/m1/s1. The van der Waals surface area contributed by atoms with Gasteiger partial charge in [0.05, 0.1) is 36.2 Å². The summed E-state index contributed by atoms with van der Waals surface area (Å²) in [5.41, 5.74) is 1.20. The molecule has 254 valence electrons. The van der Waals surface area contributed by atoms with Crippen molar-refractivity contribution in [3.8, 4) is 0 Å². The zero-order chi connectivity index (χ0) is 35.0. The van der Waals surface area contributed by atoms with Gasteiger partial charge >= 0.3 is 5.97 Å². The molecule has 0 radical (unpaired) electrons. The SMILES string of the molecule is CC(=O)OC1CC(=O)N1c1ccc(CN2C(=O)[C@](O)([C@H](C)/C=C/CC(=O)N3Cc4ccccc4C[C@H]3CO)c3cc([N+](=O)[O-])ccc32)cc1. The van der Waals surface area contributed by atoms with Gasteiger partial charge in [0.1, 0.15) is 0 Å². The van der Waals surface area contributed by atoms with Crippen molar-refractivity contribution in [3.63, 3.8) is 0 Å². The van der Waals surface area contributed by atoms with Gasteiger partial charge in [0.2, 0.25) is 11.8 Å². The highest BCUT2D eigenvalue weighted by molar-refractivity contribution is 6.07. The molecular formula is C36H36N4O9. The van der Waals surface area contributed by atoms with Crippen LogP contribution in [0.4, 0.5) is 17.1 Å². The fraction of sp³-hybridized carbons (Fsp3) is 0.333. The number of aliphatic hydroxyl groups is 2. The Morgan fingerprint density at radius 3 is 2.45 bits per heavy atom. The summed E-state index contributed by atoms with van der Waals surface area (Å²) in [6, 6.07) is 18.0. The topological polar surface area (TPSA) is 171 Å². The number of β-lactam (4-membered cyclic amide) rings is 1. The number of benzene rings is 3. The van der Waals surface area contributed by atoms with Crippen molar-refractivity contribution in [1.82, 2.24) is 4.90 Å². The summed E-state index contributed by atoms with van der Waals surface area (Å²) in [6.45, 7) is 3.06. The van der Waals surface area contributed by atoms with Crippen LogP contribution in [-0.2, 0) is 49.0 Å². The van der Waals surface area contributed by atoms with Gasteiger partial charge in [-0.15, -0.1) is 0 Å². The molecule has 3 aromatic rings. The van der Waals surface area contributed by atoms with Crippen molar-refractivity contribution >= 4 is 40.8 Å². The Morgan fingerprint density at radius 1 is 1.08 bits per heavy atom. The van der Waals surface area contributed by atoms with Gasteiger partial charge in [-0.05, 0) is 41.3 Å².